The first kappa shape index (κ1) is 72.4. The van der Waals surface area contributed by atoms with Crippen LogP contribution in [0.5, 0.6) is 0 Å². The predicted octanol–water partition coefficient (Wildman–Crippen LogP) is 22.6. The van der Waals surface area contributed by atoms with Gasteiger partial charge in [0.2, 0.25) is 0 Å². The number of hydrogen-bond donors (Lipinski definition) is 0. The molecule has 0 saturated carbocycles. The first-order valence-corrected chi connectivity index (χ1v) is 33.1. The van der Waals surface area contributed by atoms with E-state index in [1.165, 1.54) is 231 Å². The number of esters is 3. The van der Waals surface area contributed by atoms with Crippen molar-refractivity contribution < 1.29 is 28.6 Å². The lowest BCUT2D eigenvalue weighted by atomic mass is 10.0. The van der Waals surface area contributed by atoms with Gasteiger partial charge in [-0.3, -0.25) is 14.4 Å². The molecule has 1 atom stereocenters. The van der Waals surface area contributed by atoms with Gasteiger partial charge in [-0.2, -0.15) is 0 Å². The molecule has 0 aromatic heterocycles. The highest BCUT2D eigenvalue weighted by Gasteiger charge is 2.19. The minimum atomic E-state index is -0.779. The SMILES string of the molecule is CCCCC/C=C\C/C=C\CCCCCCCC(=O)OCC(COC(=O)CCCCCCCCCCCCC/C=C\C/C=C\CCCCCCC)OC(=O)CCCCCCCCCCCCCCCCCCCCC. The molecule has 0 radical (unpaired) electrons. The molecule has 6 heteroatoms. The first-order valence-electron chi connectivity index (χ1n) is 33.1. The molecule has 0 aliphatic carbocycles. The molecule has 6 nitrogen and oxygen atoms in total. The maximum Gasteiger partial charge on any atom is 0.306 e. The second-order valence-electron chi connectivity index (χ2n) is 22.4. The van der Waals surface area contributed by atoms with Crippen molar-refractivity contribution in [2.24, 2.45) is 0 Å². The number of carbonyl (C=O) groups excluding carboxylic acids is 3. The number of rotatable bonds is 61. The number of hydrogen-bond acceptors (Lipinski definition) is 6. The molecule has 0 aliphatic heterocycles. The summed E-state index contributed by atoms with van der Waals surface area (Å²) in [4.78, 5) is 38.4. The van der Waals surface area contributed by atoms with Crippen LogP contribution in [0.15, 0.2) is 48.6 Å². The molecule has 1 unspecified atom stereocenters. The Hall–Kier alpha value is -2.63. The van der Waals surface area contributed by atoms with Crippen molar-refractivity contribution in [3.8, 4) is 0 Å². The minimum Gasteiger partial charge on any atom is -0.462 e. The van der Waals surface area contributed by atoms with Gasteiger partial charge in [-0.15, -0.1) is 0 Å². The minimum absolute atomic E-state index is 0.0750. The van der Waals surface area contributed by atoms with Crippen LogP contribution in [-0.2, 0) is 28.6 Å². The van der Waals surface area contributed by atoms with E-state index in [9.17, 15) is 14.4 Å². The molecule has 0 N–H and O–H groups in total. The number of unbranched alkanes of at least 4 members (excludes halogenated alkanes) is 42. The molecule has 0 amide bonds. The Morgan fingerprint density at radius 2 is 0.480 bits per heavy atom. The van der Waals surface area contributed by atoms with Gasteiger partial charge in [0.05, 0.1) is 0 Å². The normalized spacial score (nSPS) is 12.3. The largest absolute Gasteiger partial charge is 0.462 e. The summed E-state index contributed by atoms with van der Waals surface area (Å²) in [6.07, 6.45) is 79.7. The molecule has 0 aromatic carbocycles. The van der Waals surface area contributed by atoms with Gasteiger partial charge in [0.1, 0.15) is 13.2 Å². The van der Waals surface area contributed by atoms with Crippen LogP contribution in [0.4, 0.5) is 0 Å². The average Bonchev–Trinajstić information content (AvgIpc) is 3.41. The van der Waals surface area contributed by atoms with E-state index in [1.807, 2.05) is 0 Å². The van der Waals surface area contributed by atoms with E-state index in [-0.39, 0.29) is 31.1 Å². The molecule has 0 aliphatic rings. The van der Waals surface area contributed by atoms with Gasteiger partial charge >= 0.3 is 17.9 Å². The summed E-state index contributed by atoms with van der Waals surface area (Å²) >= 11 is 0. The Bertz CT molecular complexity index is 1300. The number of ether oxygens (including phenoxy) is 3. The Morgan fingerprint density at radius 1 is 0.267 bits per heavy atom. The molecule has 0 heterocycles. The lowest BCUT2D eigenvalue weighted by Gasteiger charge is -2.18. The third-order valence-corrected chi connectivity index (χ3v) is 14.8. The average molecular weight is 1050 g/mol. The van der Waals surface area contributed by atoms with Crippen molar-refractivity contribution in [2.75, 3.05) is 13.2 Å². The van der Waals surface area contributed by atoms with Crippen molar-refractivity contribution >= 4 is 17.9 Å². The van der Waals surface area contributed by atoms with Crippen LogP contribution in [0, 0.1) is 0 Å². The molecular weight excluding hydrogens is 925 g/mol. The van der Waals surface area contributed by atoms with Gasteiger partial charge in [-0.1, -0.05) is 301 Å². The molecule has 0 saturated heterocycles. The fraction of sp³-hybridized carbons (Fsp3) is 0.841. The fourth-order valence-corrected chi connectivity index (χ4v) is 9.80. The summed E-state index contributed by atoms with van der Waals surface area (Å²) in [5.74, 6) is -0.868. The van der Waals surface area contributed by atoms with Crippen molar-refractivity contribution in [1.82, 2.24) is 0 Å². The van der Waals surface area contributed by atoms with Crippen LogP contribution in [-0.4, -0.2) is 37.2 Å². The van der Waals surface area contributed by atoms with Crippen LogP contribution in [0.1, 0.15) is 355 Å². The van der Waals surface area contributed by atoms with E-state index in [0.717, 1.165) is 83.5 Å². The van der Waals surface area contributed by atoms with Gasteiger partial charge in [-0.25, -0.2) is 0 Å². The van der Waals surface area contributed by atoms with Gasteiger partial charge < -0.3 is 14.2 Å². The molecule has 0 fully saturated rings. The molecule has 438 valence electrons. The van der Waals surface area contributed by atoms with E-state index in [1.54, 1.807) is 0 Å². The Morgan fingerprint density at radius 3 is 0.760 bits per heavy atom. The third-order valence-electron chi connectivity index (χ3n) is 14.8. The highest BCUT2D eigenvalue weighted by molar-refractivity contribution is 5.71. The lowest BCUT2D eigenvalue weighted by Crippen LogP contribution is -2.30. The maximum absolute atomic E-state index is 12.9. The zero-order chi connectivity index (χ0) is 54.3. The second kappa shape index (κ2) is 63.9. The molecule has 75 heavy (non-hydrogen) atoms. The molecule has 0 spiro atoms. The Labute approximate surface area is 467 Å². The summed E-state index contributed by atoms with van der Waals surface area (Å²) in [5.41, 5.74) is 0. The Balaban J connectivity index is 4.32. The zero-order valence-corrected chi connectivity index (χ0v) is 50.3. The van der Waals surface area contributed by atoms with Crippen molar-refractivity contribution in [1.29, 1.82) is 0 Å². The van der Waals surface area contributed by atoms with Gasteiger partial charge in [0, 0.05) is 19.3 Å². The monoisotopic (exact) mass is 1050 g/mol. The van der Waals surface area contributed by atoms with E-state index >= 15 is 0 Å². The second-order valence-corrected chi connectivity index (χ2v) is 22.4. The summed E-state index contributed by atoms with van der Waals surface area (Å²) in [5, 5.41) is 0. The summed E-state index contributed by atoms with van der Waals surface area (Å²) < 4.78 is 17.0. The summed E-state index contributed by atoms with van der Waals surface area (Å²) in [6.45, 7) is 6.65. The first-order chi connectivity index (χ1) is 37.0. The standard InChI is InChI=1S/C69H126O6/c1-4-7-10-13-16-19-22-25-28-30-32-33-34-35-37-38-41-44-47-50-53-56-59-62-68(71)74-65-66(64-73-67(70)61-58-55-52-49-46-43-40-27-24-21-18-15-12-9-6-3)75-69(72)63-60-57-54-51-48-45-42-39-36-31-29-26-23-20-17-14-11-8-5-2/h18,21-22,25,27,30,32,40,66H,4-17,19-20,23-24,26,28-29,31,33-39,41-65H2,1-3H3/b21-18-,25-22-,32-30-,40-27-. The van der Waals surface area contributed by atoms with Crippen LogP contribution >= 0.6 is 0 Å². The molecular formula is C69H126O6. The number of carbonyl (C=O) groups is 3. The third kappa shape index (κ3) is 62.1. The van der Waals surface area contributed by atoms with Crippen molar-refractivity contribution in [3.05, 3.63) is 48.6 Å². The lowest BCUT2D eigenvalue weighted by molar-refractivity contribution is -0.167. The molecule has 0 rings (SSSR count). The van der Waals surface area contributed by atoms with E-state index in [0.29, 0.717) is 19.3 Å². The maximum atomic E-state index is 12.9. The van der Waals surface area contributed by atoms with Gasteiger partial charge in [0.15, 0.2) is 6.10 Å². The summed E-state index contributed by atoms with van der Waals surface area (Å²) in [7, 11) is 0. The van der Waals surface area contributed by atoms with Crippen molar-refractivity contribution in [2.45, 2.75) is 361 Å². The van der Waals surface area contributed by atoms with E-state index in [4.69, 9.17) is 14.2 Å². The predicted molar refractivity (Wildman–Crippen MR) is 325 cm³/mol. The zero-order valence-electron chi connectivity index (χ0n) is 50.3. The molecule has 0 aromatic rings. The van der Waals surface area contributed by atoms with Crippen LogP contribution in [0.3, 0.4) is 0 Å². The van der Waals surface area contributed by atoms with E-state index in [2.05, 4.69) is 69.4 Å². The topological polar surface area (TPSA) is 78.9 Å². The van der Waals surface area contributed by atoms with Gasteiger partial charge in [0.25, 0.3) is 0 Å². The highest BCUT2D eigenvalue weighted by Crippen LogP contribution is 2.17. The fourth-order valence-electron chi connectivity index (χ4n) is 9.80. The van der Waals surface area contributed by atoms with Crippen LogP contribution in [0.25, 0.3) is 0 Å². The number of allylic oxidation sites excluding steroid dienone is 8. The summed E-state index contributed by atoms with van der Waals surface area (Å²) in [6, 6.07) is 0. The van der Waals surface area contributed by atoms with Gasteiger partial charge in [-0.05, 0) is 83.5 Å². The highest BCUT2D eigenvalue weighted by atomic mass is 16.6. The smallest absolute Gasteiger partial charge is 0.306 e. The van der Waals surface area contributed by atoms with Crippen LogP contribution < -0.4 is 0 Å². The Kier molecular flexibility index (Phi) is 61.7. The molecule has 0 bridgehead atoms. The quantitative estimate of drug-likeness (QED) is 0.0261. The van der Waals surface area contributed by atoms with Crippen LogP contribution in [0.2, 0.25) is 0 Å². The van der Waals surface area contributed by atoms with Crippen molar-refractivity contribution in [3.63, 3.8) is 0 Å². The van der Waals surface area contributed by atoms with E-state index < -0.39 is 6.10 Å².